The van der Waals surface area contributed by atoms with Gasteiger partial charge in [-0.15, -0.1) is 0 Å². The Balaban J connectivity index is 1.20. The zero-order chi connectivity index (χ0) is 29.3. The van der Waals surface area contributed by atoms with Crippen LogP contribution in [0.15, 0.2) is 146 Å². The van der Waals surface area contributed by atoms with Crippen LogP contribution in [0.1, 0.15) is 52.4 Å². The molecule has 8 rings (SSSR count). The Kier molecular flexibility index (Phi) is 6.90. The molecule has 3 aliphatic rings. The van der Waals surface area contributed by atoms with Gasteiger partial charge in [0.05, 0.1) is 6.04 Å². The van der Waals surface area contributed by atoms with Crippen LogP contribution < -0.4 is 5.32 Å². The summed E-state index contributed by atoms with van der Waals surface area (Å²) in [5.74, 6) is 2.57. The third kappa shape index (κ3) is 5.04. The first-order valence-corrected chi connectivity index (χ1v) is 15.4. The van der Waals surface area contributed by atoms with Gasteiger partial charge in [0.25, 0.3) is 0 Å². The van der Waals surface area contributed by atoms with Gasteiger partial charge in [-0.3, -0.25) is 5.32 Å². The minimum absolute atomic E-state index is 0.124. The second-order valence-electron chi connectivity index (χ2n) is 11.6. The summed E-state index contributed by atoms with van der Waals surface area (Å²) in [5.41, 5.74) is 8.45. The van der Waals surface area contributed by atoms with Crippen LogP contribution in [0, 0.1) is 0 Å². The zero-order valence-corrected chi connectivity index (χ0v) is 24.3. The molecule has 2 aliphatic carbocycles. The summed E-state index contributed by atoms with van der Waals surface area (Å²) in [6.07, 6.45) is 16.4. The number of hydrogen-bond donors (Lipinski definition) is 1. The summed E-state index contributed by atoms with van der Waals surface area (Å²) in [4.78, 5) is 14.9. The van der Waals surface area contributed by atoms with Crippen LogP contribution in [0.3, 0.4) is 0 Å². The highest BCUT2D eigenvalue weighted by Crippen LogP contribution is 2.45. The van der Waals surface area contributed by atoms with Crippen LogP contribution in [0.25, 0.3) is 34.4 Å². The number of allylic oxidation sites excluding steroid dienone is 4. The summed E-state index contributed by atoms with van der Waals surface area (Å²) in [7, 11) is 0. The fraction of sp³-hybridized carbons (Fsp3) is 0.125. The molecular formula is C40H32N4. The van der Waals surface area contributed by atoms with Gasteiger partial charge in [0.2, 0.25) is 0 Å². The van der Waals surface area contributed by atoms with E-state index in [4.69, 9.17) is 15.0 Å². The van der Waals surface area contributed by atoms with Gasteiger partial charge >= 0.3 is 0 Å². The highest BCUT2D eigenvalue weighted by atomic mass is 15.0. The predicted molar refractivity (Wildman–Crippen MR) is 179 cm³/mol. The van der Waals surface area contributed by atoms with Gasteiger partial charge in [-0.1, -0.05) is 152 Å². The van der Waals surface area contributed by atoms with Crippen molar-refractivity contribution in [3.05, 3.63) is 174 Å². The van der Waals surface area contributed by atoms with E-state index in [1.807, 2.05) is 18.2 Å². The molecule has 0 spiro atoms. The largest absolute Gasteiger partial charge is 0.299 e. The Morgan fingerprint density at radius 3 is 2.05 bits per heavy atom. The first kappa shape index (κ1) is 26.4. The average Bonchev–Trinajstić information content (AvgIpc) is 3.12. The molecule has 1 aromatic heterocycles. The van der Waals surface area contributed by atoms with Crippen molar-refractivity contribution in [3.63, 3.8) is 0 Å². The molecule has 212 valence electrons. The molecule has 0 radical (unpaired) electrons. The van der Waals surface area contributed by atoms with Crippen molar-refractivity contribution >= 4 is 11.6 Å². The van der Waals surface area contributed by atoms with Crippen LogP contribution >= 0.6 is 0 Å². The van der Waals surface area contributed by atoms with Crippen LogP contribution in [0.4, 0.5) is 0 Å². The van der Waals surface area contributed by atoms with E-state index >= 15 is 0 Å². The van der Waals surface area contributed by atoms with Crippen LogP contribution in [0.5, 0.6) is 0 Å². The van der Waals surface area contributed by atoms with E-state index in [2.05, 4.69) is 139 Å². The molecule has 4 aromatic carbocycles. The van der Waals surface area contributed by atoms with E-state index in [-0.39, 0.29) is 23.9 Å². The lowest BCUT2D eigenvalue weighted by Crippen LogP contribution is -2.41. The van der Waals surface area contributed by atoms with Crippen molar-refractivity contribution < 1.29 is 0 Å². The molecule has 1 aliphatic heterocycles. The van der Waals surface area contributed by atoms with Gasteiger partial charge in [0.1, 0.15) is 5.82 Å². The van der Waals surface area contributed by atoms with Crippen LogP contribution in [0.2, 0.25) is 0 Å². The molecule has 0 bridgehead atoms. The van der Waals surface area contributed by atoms with Crippen molar-refractivity contribution in [2.75, 3.05) is 0 Å². The molecule has 44 heavy (non-hydrogen) atoms. The monoisotopic (exact) mass is 568 g/mol. The van der Waals surface area contributed by atoms with Gasteiger partial charge in [0, 0.05) is 29.0 Å². The molecule has 4 unspecified atom stereocenters. The number of aromatic nitrogens is 3. The lowest BCUT2D eigenvalue weighted by Gasteiger charge is -2.39. The van der Waals surface area contributed by atoms with E-state index in [1.165, 1.54) is 27.8 Å². The molecule has 4 heteroatoms. The van der Waals surface area contributed by atoms with Gasteiger partial charge < -0.3 is 0 Å². The molecule has 1 N–H and O–H groups in total. The van der Waals surface area contributed by atoms with Gasteiger partial charge in [-0.05, 0) is 34.2 Å². The summed E-state index contributed by atoms with van der Waals surface area (Å²) < 4.78 is 0. The fourth-order valence-electron chi connectivity index (χ4n) is 6.63. The van der Waals surface area contributed by atoms with E-state index in [9.17, 15) is 0 Å². The highest BCUT2D eigenvalue weighted by Gasteiger charge is 2.35. The molecule has 0 saturated carbocycles. The lowest BCUT2D eigenvalue weighted by molar-refractivity contribution is 0.492. The lowest BCUT2D eigenvalue weighted by atomic mass is 9.73. The normalized spacial score (nSPS) is 21.8. The Morgan fingerprint density at radius 2 is 1.30 bits per heavy atom. The van der Waals surface area contributed by atoms with Crippen molar-refractivity contribution in [2.24, 2.45) is 0 Å². The Labute approximate surface area is 258 Å². The summed E-state index contributed by atoms with van der Waals surface area (Å²) in [6.45, 7) is 0. The quantitative estimate of drug-likeness (QED) is 0.230. The third-order valence-electron chi connectivity index (χ3n) is 8.86. The molecule has 0 fully saturated rings. The molecule has 0 saturated heterocycles. The van der Waals surface area contributed by atoms with Crippen LogP contribution in [-0.2, 0) is 0 Å². The smallest absolute Gasteiger partial charge is 0.163 e. The second kappa shape index (κ2) is 11.5. The molecule has 4 nitrogen and oxygen atoms in total. The molecular weight excluding hydrogens is 536 g/mol. The maximum atomic E-state index is 5.00. The van der Waals surface area contributed by atoms with E-state index < -0.39 is 0 Å². The number of fused-ring (bicyclic) bond motifs is 3. The average molecular weight is 569 g/mol. The van der Waals surface area contributed by atoms with E-state index in [0.717, 1.165) is 23.4 Å². The second-order valence-corrected chi connectivity index (χ2v) is 11.6. The van der Waals surface area contributed by atoms with Crippen molar-refractivity contribution in [2.45, 2.75) is 30.3 Å². The summed E-state index contributed by atoms with van der Waals surface area (Å²) in [6, 6.07) is 38.8. The predicted octanol–water partition coefficient (Wildman–Crippen LogP) is 8.71. The van der Waals surface area contributed by atoms with E-state index in [0.29, 0.717) is 11.6 Å². The molecule has 0 amide bonds. The molecule has 2 heterocycles. The van der Waals surface area contributed by atoms with Gasteiger partial charge in [-0.25, -0.2) is 15.0 Å². The summed E-state index contributed by atoms with van der Waals surface area (Å²) >= 11 is 0. The summed E-state index contributed by atoms with van der Waals surface area (Å²) in [5, 5.41) is 3.91. The fourth-order valence-corrected chi connectivity index (χ4v) is 6.63. The van der Waals surface area contributed by atoms with Crippen molar-refractivity contribution in [1.82, 2.24) is 20.3 Å². The van der Waals surface area contributed by atoms with Crippen molar-refractivity contribution in [1.29, 1.82) is 0 Å². The Hall–Kier alpha value is -5.19. The first-order valence-electron chi connectivity index (χ1n) is 15.4. The first-order chi connectivity index (χ1) is 21.8. The zero-order valence-electron chi connectivity index (χ0n) is 24.3. The maximum Gasteiger partial charge on any atom is 0.163 e. The SMILES string of the molecule is C1=CCC(c2nc(-c3ccccc3)nc(-c3ccc(C4=CC(c5ccccc5)NC5C=Cc6ccccc6C45)cc3)n2)C=C1. The number of nitrogens with one attached hydrogen (secondary N) is 1. The Morgan fingerprint density at radius 1 is 0.614 bits per heavy atom. The number of benzene rings is 4. The molecule has 5 aromatic rings. The minimum atomic E-state index is 0.124. The van der Waals surface area contributed by atoms with Gasteiger partial charge in [-0.2, -0.15) is 0 Å². The number of nitrogens with zero attached hydrogens (tertiary/aromatic N) is 3. The highest BCUT2D eigenvalue weighted by molar-refractivity contribution is 5.79. The maximum absolute atomic E-state index is 5.00. The minimum Gasteiger partial charge on any atom is -0.299 e. The standard InChI is InChI=1S/C40H32N4/c1-4-13-29(14-5-1)36-26-34(37-33-19-11-10-12-27(33)24-25-35(37)41-36)28-20-22-32(23-21-28)40-43-38(30-15-6-2-7-16-30)42-39(44-40)31-17-8-3-9-18-31/h1-17,19-26,31,35-37,41H,18H2. The van der Waals surface area contributed by atoms with Crippen LogP contribution in [-0.4, -0.2) is 21.0 Å². The Bertz CT molecular complexity index is 1920. The number of rotatable bonds is 5. The van der Waals surface area contributed by atoms with Gasteiger partial charge in [0.15, 0.2) is 11.6 Å². The van der Waals surface area contributed by atoms with E-state index in [1.54, 1.807) is 0 Å². The third-order valence-corrected chi connectivity index (χ3v) is 8.86. The molecule has 4 atom stereocenters. The topological polar surface area (TPSA) is 50.7 Å². The van der Waals surface area contributed by atoms with Crippen molar-refractivity contribution in [3.8, 4) is 22.8 Å². The number of hydrogen-bond acceptors (Lipinski definition) is 4.